The van der Waals surface area contributed by atoms with Crippen LogP contribution in [0.1, 0.15) is 131 Å². The molecule has 0 bridgehead atoms. The van der Waals surface area contributed by atoms with Gasteiger partial charge in [0.15, 0.2) is 0 Å². The zero-order chi connectivity index (χ0) is 29.0. The summed E-state index contributed by atoms with van der Waals surface area (Å²) in [6.45, 7) is 24.1. The molecule has 0 aliphatic rings. The molecule has 0 N–H and O–H groups in total. The molecule has 0 unspecified atom stereocenters. The number of rotatable bonds is 20. The van der Waals surface area contributed by atoms with Crippen LogP contribution < -0.4 is 0 Å². The van der Waals surface area contributed by atoms with Crippen LogP contribution in [-0.2, 0) is 10.1 Å². The Bertz CT molecular complexity index is 739. The fourth-order valence-electron chi connectivity index (χ4n) is 5.04. The molecule has 1 aromatic carbocycles. The van der Waals surface area contributed by atoms with Gasteiger partial charge in [-0.1, -0.05) is 97.8 Å². The van der Waals surface area contributed by atoms with Gasteiger partial charge in [-0.15, -0.1) is 0 Å². The maximum Gasteiger partial charge on any atom is 0.124 e. The van der Waals surface area contributed by atoms with Gasteiger partial charge < -0.3 is 9.04 Å². The van der Waals surface area contributed by atoms with Crippen molar-refractivity contribution in [2.75, 3.05) is 26.2 Å². The zero-order valence-corrected chi connectivity index (χ0v) is 27.3. The molecule has 0 spiro atoms. The molecule has 0 radical (unpaired) electrons. The minimum absolute atomic E-state index is 0.178. The molecule has 0 aliphatic heterocycles. The standard InChI is InChI=1S/C26H56N.C7H8O3S/c1-8-27(21-15-9-12-18-24(2)3,22-16-10-13-19-25(4)5)23-17-11-14-20-26(6)7;1-6-2-4-7(5-3-6)11(8,9)10/h24-26H,8-23H2,1-7H3;2-5H,1H3,(H,8,9,10)/q+1;/p-1. The van der Waals surface area contributed by atoms with E-state index in [0.717, 1.165) is 23.3 Å². The topological polar surface area (TPSA) is 57.2 Å². The quantitative estimate of drug-likeness (QED) is 0.0918. The molecular weight excluding hydrogens is 490 g/mol. The van der Waals surface area contributed by atoms with Crippen molar-refractivity contribution < 1.29 is 17.5 Å². The average molecular weight is 554 g/mol. The highest BCUT2D eigenvalue weighted by molar-refractivity contribution is 7.85. The molecule has 1 aromatic rings. The van der Waals surface area contributed by atoms with Gasteiger partial charge in [0.2, 0.25) is 0 Å². The first kappa shape index (κ1) is 37.1. The molecule has 0 aliphatic carbocycles. The van der Waals surface area contributed by atoms with Crippen LogP contribution in [0.4, 0.5) is 0 Å². The maximum absolute atomic E-state index is 10.4. The molecule has 0 atom stereocenters. The van der Waals surface area contributed by atoms with E-state index in [1.54, 1.807) is 12.1 Å². The summed E-state index contributed by atoms with van der Waals surface area (Å²) in [4.78, 5) is -0.178. The van der Waals surface area contributed by atoms with Gasteiger partial charge in [-0.2, -0.15) is 0 Å². The molecule has 0 saturated heterocycles. The highest BCUT2D eigenvalue weighted by Gasteiger charge is 2.24. The van der Waals surface area contributed by atoms with Crippen LogP contribution in [-0.4, -0.2) is 43.6 Å². The Hall–Kier alpha value is -0.910. The zero-order valence-electron chi connectivity index (χ0n) is 26.4. The number of hydrogen-bond acceptors (Lipinski definition) is 3. The first-order valence-electron chi connectivity index (χ1n) is 15.7. The summed E-state index contributed by atoms with van der Waals surface area (Å²) >= 11 is 0. The third-order valence-corrected chi connectivity index (χ3v) is 8.57. The third-order valence-electron chi connectivity index (χ3n) is 7.72. The second-order valence-electron chi connectivity index (χ2n) is 12.8. The lowest BCUT2D eigenvalue weighted by Crippen LogP contribution is -2.50. The molecule has 1 rings (SSSR count). The van der Waals surface area contributed by atoms with Crippen molar-refractivity contribution in [2.45, 2.75) is 137 Å². The molecule has 38 heavy (non-hydrogen) atoms. The summed E-state index contributed by atoms with van der Waals surface area (Å²) < 4.78 is 32.6. The molecule has 224 valence electrons. The van der Waals surface area contributed by atoms with Crippen molar-refractivity contribution in [1.82, 2.24) is 0 Å². The Balaban J connectivity index is 0.00000103. The van der Waals surface area contributed by atoms with Crippen molar-refractivity contribution in [3.8, 4) is 0 Å². The summed E-state index contributed by atoms with van der Waals surface area (Å²) in [5.74, 6) is 2.62. The predicted molar refractivity (Wildman–Crippen MR) is 164 cm³/mol. The normalized spacial score (nSPS) is 12.3. The van der Waals surface area contributed by atoms with Gasteiger partial charge in [-0.3, -0.25) is 0 Å². The van der Waals surface area contributed by atoms with E-state index >= 15 is 0 Å². The van der Waals surface area contributed by atoms with E-state index in [9.17, 15) is 13.0 Å². The number of aryl methyl sites for hydroxylation is 1. The summed E-state index contributed by atoms with van der Waals surface area (Å²) in [6, 6.07) is 5.78. The fraction of sp³-hybridized carbons (Fsp3) is 0.818. The third kappa shape index (κ3) is 20.1. The Morgan fingerprint density at radius 2 is 0.974 bits per heavy atom. The van der Waals surface area contributed by atoms with E-state index in [1.807, 2.05) is 6.92 Å². The second-order valence-corrected chi connectivity index (χ2v) is 14.2. The van der Waals surface area contributed by atoms with Gasteiger partial charge in [0, 0.05) is 0 Å². The average Bonchev–Trinajstić information content (AvgIpc) is 2.82. The number of benzene rings is 1. The van der Waals surface area contributed by atoms with Gasteiger partial charge in [-0.05, 0) is 82.3 Å². The van der Waals surface area contributed by atoms with Crippen molar-refractivity contribution in [1.29, 1.82) is 0 Å². The van der Waals surface area contributed by atoms with E-state index in [0.29, 0.717) is 0 Å². The van der Waals surface area contributed by atoms with E-state index in [2.05, 4.69) is 48.5 Å². The largest absolute Gasteiger partial charge is 0.744 e. The van der Waals surface area contributed by atoms with Crippen molar-refractivity contribution >= 4 is 10.1 Å². The minimum atomic E-state index is -4.27. The molecule has 0 saturated carbocycles. The summed E-state index contributed by atoms with van der Waals surface area (Å²) in [7, 11) is -4.27. The summed E-state index contributed by atoms with van der Waals surface area (Å²) in [5.41, 5.74) is 0.928. The smallest absolute Gasteiger partial charge is 0.124 e. The van der Waals surface area contributed by atoms with Crippen molar-refractivity contribution in [3.05, 3.63) is 29.8 Å². The second kappa shape index (κ2) is 20.9. The van der Waals surface area contributed by atoms with Gasteiger partial charge in [0.05, 0.1) is 31.1 Å². The van der Waals surface area contributed by atoms with E-state index in [4.69, 9.17) is 0 Å². The Morgan fingerprint density at radius 1 is 0.632 bits per heavy atom. The Kier molecular flexibility index (Phi) is 20.4. The van der Waals surface area contributed by atoms with Gasteiger partial charge in [0.1, 0.15) is 10.1 Å². The van der Waals surface area contributed by atoms with Crippen LogP contribution in [0.25, 0.3) is 0 Å². The fourth-order valence-corrected chi connectivity index (χ4v) is 5.51. The van der Waals surface area contributed by atoms with Crippen LogP contribution in [0.3, 0.4) is 0 Å². The summed E-state index contributed by atoms with van der Waals surface area (Å²) in [5, 5.41) is 0. The highest BCUT2D eigenvalue weighted by Crippen LogP contribution is 2.19. The number of nitrogens with zero attached hydrogens (tertiary/aromatic N) is 1. The van der Waals surface area contributed by atoms with E-state index in [1.165, 1.54) is 120 Å². The first-order chi connectivity index (χ1) is 17.8. The van der Waals surface area contributed by atoms with Gasteiger partial charge >= 0.3 is 0 Å². The lowest BCUT2D eigenvalue weighted by Gasteiger charge is -2.38. The molecule has 0 amide bonds. The van der Waals surface area contributed by atoms with Gasteiger partial charge in [0.25, 0.3) is 0 Å². The van der Waals surface area contributed by atoms with Crippen LogP contribution in [0.2, 0.25) is 0 Å². The van der Waals surface area contributed by atoms with Crippen molar-refractivity contribution in [2.24, 2.45) is 17.8 Å². The van der Waals surface area contributed by atoms with Crippen molar-refractivity contribution in [3.63, 3.8) is 0 Å². The summed E-state index contributed by atoms with van der Waals surface area (Å²) in [6.07, 6.45) is 17.2. The lowest BCUT2D eigenvalue weighted by molar-refractivity contribution is -0.927. The highest BCUT2D eigenvalue weighted by atomic mass is 32.2. The lowest BCUT2D eigenvalue weighted by atomic mass is 10.0. The molecule has 0 heterocycles. The molecule has 4 nitrogen and oxygen atoms in total. The van der Waals surface area contributed by atoms with Gasteiger partial charge in [-0.25, -0.2) is 8.42 Å². The Labute approximate surface area is 238 Å². The molecular formula is C33H63NO3S. The molecule has 0 aromatic heterocycles. The van der Waals surface area contributed by atoms with E-state index < -0.39 is 10.1 Å². The van der Waals surface area contributed by atoms with Crippen LogP contribution >= 0.6 is 0 Å². The Morgan fingerprint density at radius 3 is 1.24 bits per heavy atom. The molecule has 0 fully saturated rings. The van der Waals surface area contributed by atoms with Crippen LogP contribution in [0.5, 0.6) is 0 Å². The SMILES string of the molecule is CC[N+](CCCCCC(C)C)(CCCCCC(C)C)CCCCCC(C)C.Cc1ccc(S(=O)(=O)[O-])cc1. The minimum Gasteiger partial charge on any atom is -0.744 e. The van der Waals surface area contributed by atoms with E-state index in [-0.39, 0.29) is 4.90 Å². The number of hydrogen-bond donors (Lipinski definition) is 0. The monoisotopic (exact) mass is 553 g/mol. The first-order valence-corrected chi connectivity index (χ1v) is 17.1. The maximum atomic E-state index is 10.4. The predicted octanol–water partition coefficient (Wildman–Crippen LogP) is 9.37. The molecule has 5 heteroatoms. The number of quaternary nitrogens is 1. The van der Waals surface area contributed by atoms with Crippen LogP contribution in [0.15, 0.2) is 29.2 Å². The number of unbranched alkanes of at least 4 members (excludes halogenated alkanes) is 6. The van der Waals surface area contributed by atoms with Crippen LogP contribution in [0, 0.1) is 24.7 Å².